The summed E-state index contributed by atoms with van der Waals surface area (Å²) >= 11 is 2.54. The molecule has 174 valence electrons. The molecular weight excluding hydrogens is 464 g/mol. The molecule has 10 nitrogen and oxygen atoms in total. The molecule has 3 N–H and O–H groups in total. The number of carbonyl (C=O) groups is 2. The first-order valence-electron chi connectivity index (χ1n) is 9.89. The Morgan fingerprint density at radius 1 is 1.33 bits per heavy atom. The number of aromatic nitrogens is 4. The fourth-order valence-corrected chi connectivity index (χ4v) is 4.30. The predicted molar refractivity (Wildman–Crippen MR) is 127 cm³/mol. The molecule has 2 heterocycles. The van der Waals surface area contributed by atoms with Gasteiger partial charge in [-0.25, -0.2) is 4.98 Å². The second-order valence-corrected chi connectivity index (χ2v) is 8.61. The number of methoxy groups -OCH3 is 1. The number of carbonyl (C=O) groups excluding carboxylic acids is 2. The van der Waals surface area contributed by atoms with E-state index in [9.17, 15) is 14.7 Å². The highest BCUT2D eigenvalue weighted by Gasteiger charge is 2.23. The van der Waals surface area contributed by atoms with E-state index in [2.05, 4.69) is 32.4 Å². The maximum atomic E-state index is 12.6. The number of aryl methyl sites for hydroxylation is 1. The molecule has 1 unspecified atom stereocenters. The summed E-state index contributed by atoms with van der Waals surface area (Å²) < 4.78 is 6.81. The number of aliphatic hydroxyl groups excluding tert-OH is 1. The third kappa shape index (κ3) is 6.40. The highest BCUT2D eigenvalue weighted by molar-refractivity contribution is 7.99. The van der Waals surface area contributed by atoms with Gasteiger partial charge < -0.3 is 25.0 Å². The lowest BCUT2D eigenvalue weighted by Crippen LogP contribution is -2.33. The average Bonchev–Trinajstić information content (AvgIpc) is 3.41. The van der Waals surface area contributed by atoms with Crippen LogP contribution in [0.15, 0.2) is 47.5 Å². The van der Waals surface area contributed by atoms with Crippen LogP contribution in [0.4, 0.5) is 5.13 Å². The van der Waals surface area contributed by atoms with Crippen molar-refractivity contribution in [2.24, 2.45) is 0 Å². The molecule has 2 aromatic heterocycles. The van der Waals surface area contributed by atoms with Gasteiger partial charge in [0.15, 0.2) is 16.1 Å². The van der Waals surface area contributed by atoms with E-state index in [-0.39, 0.29) is 24.2 Å². The lowest BCUT2D eigenvalue weighted by molar-refractivity contribution is -0.113. The summed E-state index contributed by atoms with van der Waals surface area (Å²) in [6.45, 7) is 5.56. The fraction of sp³-hybridized carbons (Fsp3) is 0.286. The number of hydrogen-bond donors (Lipinski definition) is 3. The molecule has 0 bridgehead atoms. The van der Waals surface area contributed by atoms with Gasteiger partial charge in [0, 0.05) is 17.5 Å². The number of aliphatic hydroxyl groups is 1. The summed E-state index contributed by atoms with van der Waals surface area (Å²) in [7, 11) is 1.54. The number of amides is 2. The molecule has 0 fully saturated rings. The Bertz CT molecular complexity index is 1110. The molecule has 0 aliphatic rings. The van der Waals surface area contributed by atoms with E-state index >= 15 is 0 Å². The summed E-state index contributed by atoms with van der Waals surface area (Å²) in [5.74, 6) is 0.479. The number of thioether (sulfide) groups is 1. The van der Waals surface area contributed by atoms with E-state index in [4.69, 9.17) is 4.74 Å². The van der Waals surface area contributed by atoms with Gasteiger partial charge in [0.2, 0.25) is 5.91 Å². The van der Waals surface area contributed by atoms with E-state index in [1.807, 2.05) is 12.3 Å². The van der Waals surface area contributed by atoms with Crippen molar-refractivity contribution in [3.8, 4) is 5.75 Å². The average molecular weight is 489 g/mol. The Morgan fingerprint density at radius 3 is 2.70 bits per heavy atom. The lowest BCUT2D eigenvalue weighted by atomic mass is 10.2. The minimum atomic E-state index is -0.798. The smallest absolute Gasteiger partial charge is 0.251 e. The van der Waals surface area contributed by atoms with Gasteiger partial charge in [0.05, 0.1) is 25.2 Å². The van der Waals surface area contributed by atoms with Crippen LogP contribution in [-0.4, -0.2) is 56.1 Å². The van der Waals surface area contributed by atoms with Crippen LogP contribution in [0.5, 0.6) is 5.75 Å². The SMILES string of the molecule is C=CCn1c(SCC(=O)Nc2nc(C)cs2)nnc1C(CO)NC(=O)c1ccc(OC)cc1. The molecule has 1 atom stereocenters. The van der Waals surface area contributed by atoms with Crippen LogP contribution < -0.4 is 15.4 Å². The Kier molecular flexibility index (Phi) is 8.58. The van der Waals surface area contributed by atoms with Gasteiger partial charge in [-0.2, -0.15) is 0 Å². The zero-order valence-corrected chi connectivity index (χ0v) is 19.8. The fourth-order valence-electron chi connectivity index (χ4n) is 2.84. The molecule has 33 heavy (non-hydrogen) atoms. The summed E-state index contributed by atoms with van der Waals surface area (Å²) in [5.41, 5.74) is 1.25. The monoisotopic (exact) mass is 488 g/mol. The Morgan fingerprint density at radius 2 is 2.09 bits per heavy atom. The van der Waals surface area contributed by atoms with Gasteiger partial charge in [0.1, 0.15) is 11.8 Å². The molecule has 12 heteroatoms. The first-order valence-corrected chi connectivity index (χ1v) is 11.8. The Labute approximate surface area is 199 Å². The molecule has 3 aromatic rings. The van der Waals surface area contributed by atoms with Gasteiger partial charge in [-0.3, -0.25) is 9.59 Å². The van der Waals surface area contributed by atoms with E-state index in [1.54, 1.807) is 42.0 Å². The number of allylic oxidation sites excluding steroid dienone is 1. The van der Waals surface area contributed by atoms with Gasteiger partial charge >= 0.3 is 0 Å². The molecule has 2 amide bonds. The van der Waals surface area contributed by atoms with Crippen LogP contribution in [0.2, 0.25) is 0 Å². The predicted octanol–water partition coefficient (Wildman–Crippen LogP) is 2.43. The molecule has 0 radical (unpaired) electrons. The second-order valence-electron chi connectivity index (χ2n) is 6.81. The number of rotatable bonds is 11. The largest absolute Gasteiger partial charge is 0.497 e. The van der Waals surface area contributed by atoms with Crippen LogP contribution in [-0.2, 0) is 11.3 Å². The lowest BCUT2D eigenvalue weighted by Gasteiger charge is -2.17. The van der Waals surface area contributed by atoms with E-state index in [0.717, 1.165) is 5.69 Å². The number of nitrogens with one attached hydrogen (secondary N) is 2. The molecule has 1 aromatic carbocycles. The first-order chi connectivity index (χ1) is 15.9. The highest BCUT2D eigenvalue weighted by atomic mass is 32.2. The van der Waals surface area contributed by atoms with Crippen molar-refractivity contribution < 1.29 is 19.4 Å². The van der Waals surface area contributed by atoms with Crippen molar-refractivity contribution in [2.75, 3.05) is 24.8 Å². The number of benzene rings is 1. The van der Waals surface area contributed by atoms with Crippen molar-refractivity contribution in [2.45, 2.75) is 24.7 Å². The van der Waals surface area contributed by atoms with Crippen LogP contribution in [0, 0.1) is 6.92 Å². The van der Waals surface area contributed by atoms with E-state index < -0.39 is 6.04 Å². The number of nitrogens with zero attached hydrogens (tertiary/aromatic N) is 4. The van der Waals surface area contributed by atoms with Crippen molar-refractivity contribution in [1.82, 2.24) is 25.1 Å². The Balaban J connectivity index is 1.69. The highest BCUT2D eigenvalue weighted by Crippen LogP contribution is 2.22. The first kappa shape index (κ1) is 24.4. The maximum Gasteiger partial charge on any atom is 0.251 e. The maximum absolute atomic E-state index is 12.6. The van der Waals surface area contributed by atoms with E-state index in [1.165, 1.54) is 23.1 Å². The summed E-state index contributed by atoms with van der Waals surface area (Å²) in [6, 6.07) is 5.81. The van der Waals surface area contributed by atoms with Crippen LogP contribution in [0.1, 0.15) is 27.9 Å². The standard InChI is InChI=1S/C21H24N6O4S2/c1-4-9-27-18(16(10-28)23-19(30)14-5-7-15(31-3)8-6-14)25-26-21(27)33-12-17(29)24-20-22-13(2)11-32-20/h4-8,11,16,28H,1,9-10,12H2,2-3H3,(H,23,30)(H,22,24,29). The number of ether oxygens (including phenoxy) is 1. The third-order valence-electron chi connectivity index (χ3n) is 4.41. The Hall–Kier alpha value is -3.22. The molecule has 0 saturated heterocycles. The molecule has 3 rings (SSSR count). The minimum absolute atomic E-state index is 0.0932. The summed E-state index contributed by atoms with van der Waals surface area (Å²) in [6.07, 6.45) is 1.65. The zero-order chi connectivity index (χ0) is 23.8. The van der Waals surface area contributed by atoms with Crippen molar-refractivity contribution in [1.29, 1.82) is 0 Å². The van der Waals surface area contributed by atoms with Gasteiger partial charge in [-0.1, -0.05) is 17.8 Å². The minimum Gasteiger partial charge on any atom is -0.497 e. The van der Waals surface area contributed by atoms with Crippen molar-refractivity contribution in [3.05, 3.63) is 59.4 Å². The van der Waals surface area contributed by atoms with Crippen molar-refractivity contribution >= 4 is 40.0 Å². The van der Waals surface area contributed by atoms with Gasteiger partial charge in [-0.15, -0.1) is 28.1 Å². The molecule has 0 spiro atoms. The van der Waals surface area contributed by atoms with Crippen molar-refractivity contribution in [3.63, 3.8) is 0 Å². The van der Waals surface area contributed by atoms with Gasteiger partial charge in [-0.05, 0) is 31.2 Å². The third-order valence-corrected chi connectivity index (χ3v) is 6.25. The number of hydrogen-bond acceptors (Lipinski definition) is 9. The topological polar surface area (TPSA) is 131 Å². The number of thiazole rings is 1. The second kappa shape index (κ2) is 11.6. The quantitative estimate of drug-likeness (QED) is 0.277. The summed E-state index contributed by atoms with van der Waals surface area (Å²) in [5, 5.41) is 26.6. The zero-order valence-electron chi connectivity index (χ0n) is 18.1. The van der Waals surface area contributed by atoms with Crippen LogP contribution in [0.3, 0.4) is 0 Å². The molecule has 0 aliphatic carbocycles. The molecular formula is C21H24N6O4S2. The van der Waals surface area contributed by atoms with Gasteiger partial charge in [0.25, 0.3) is 5.91 Å². The molecule has 0 saturated carbocycles. The number of anilines is 1. The molecule has 0 aliphatic heterocycles. The van der Waals surface area contributed by atoms with Crippen LogP contribution in [0.25, 0.3) is 0 Å². The summed E-state index contributed by atoms with van der Waals surface area (Å²) in [4.78, 5) is 29.1. The normalized spacial score (nSPS) is 11.6. The van der Waals surface area contributed by atoms with Crippen LogP contribution >= 0.6 is 23.1 Å². The van der Waals surface area contributed by atoms with E-state index in [0.29, 0.717) is 34.0 Å².